The van der Waals surface area contributed by atoms with Gasteiger partial charge in [-0.05, 0) is 61.8 Å². The number of nitrogens with one attached hydrogen (secondary N) is 1. The van der Waals surface area contributed by atoms with E-state index in [1.54, 1.807) is 23.1 Å². The molecule has 0 aromatic carbocycles. The topological polar surface area (TPSA) is 77.0 Å². The Labute approximate surface area is 207 Å². The van der Waals surface area contributed by atoms with Crippen molar-refractivity contribution >= 4 is 61.2 Å². The largest absolute Gasteiger partial charge is 0.376 e. The minimum Gasteiger partial charge on any atom is -0.376 e. The molecule has 0 unspecified atom stereocenters. The molecule has 1 aliphatic carbocycles. The first kappa shape index (κ1) is 23.3. The van der Waals surface area contributed by atoms with Crippen LogP contribution in [-0.4, -0.2) is 52.1 Å². The Morgan fingerprint density at radius 1 is 1.21 bits per heavy atom. The quantitative estimate of drug-likeness (QED) is 0.263. The van der Waals surface area contributed by atoms with E-state index in [9.17, 15) is 4.79 Å². The fourth-order valence-corrected chi connectivity index (χ4v) is 7.28. The van der Waals surface area contributed by atoms with Gasteiger partial charge < -0.3 is 10.1 Å². The molecule has 3 aromatic rings. The monoisotopic (exact) mass is 502 g/mol. The SMILES string of the molecule is CSc1nc(SCC(=O)NC[C@H]2CCCO2)c2sc3nc(CC(C)C)c4c(c3c2n1)CCC4. The second-order valence-electron chi connectivity index (χ2n) is 9.17. The highest BCUT2D eigenvalue weighted by molar-refractivity contribution is 8.00. The number of fused-ring (bicyclic) bond motifs is 5. The van der Waals surface area contributed by atoms with Crippen LogP contribution in [0.25, 0.3) is 20.4 Å². The summed E-state index contributed by atoms with van der Waals surface area (Å²) in [6, 6.07) is 0. The number of rotatable bonds is 8. The van der Waals surface area contributed by atoms with Gasteiger partial charge in [0.15, 0.2) is 5.16 Å². The number of ether oxygens (including phenoxy) is 1. The van der Waals surface area contributed by atoms with Gasteiger partial charge in [0.2, 0.25) is 5.91 Å². The molecule has 0 spiro atoms. The Morgan fingerprint density at radius 3 is 2.82 bits per heavy atom. The summed E-state index contributed by atoms with van der Waals surface area (Å²) >= 11 is 4.73. The highest BCUT2D eigenvalue weighted by Gasteiger charge is 2.25. The fourth-order valence-electron chi connectivity index (χ4n) is 4.76. The van der Waals surface area contributed by atoms with Crippen LogP contribution in [0, 0.1) is 5.92 Å². The summed E-state index contributed by atoms with van der Waals surface area (Å²) in [4.78, 5) is 28.4. The smallest absolute Gasteiger partial charge is 0.230 e. The van der Waals surface area contributed by atoms with Crippen LogP contribution in [0.3, 0.4) is 0 Å². The van der Waals surface area contributed by atoms with Crippen molar-refractivity contribution in [3.05, 3.63) is 16.8 Å². The first-order valence-corrected chi connectivity index (χ1v) is 14.8. The summed E-state index contributed by atoms with van der Waals surface area (Å²) in [7, 11) is 0. The van der Waals surface area contributed by atoms with Crippen molar-refractivity contribution in [3.8, 4) is 0 Å². The molecule has 2 aliphatic rings. The van der Waals surface area contributed by atoms with Gasteiger partial charge in [0.05, 0.1) is 22.1 Å². The fraction of sp³-hybridized carbons (Fsp3) is 0.583. The number of aryl methyl sites for hydroxylation is 1. The van der Waals surface area contributed by atoms with E-state index in [4.69, 9.17) is 19.7 Å². The van der Waals surface area contributed by atoms with Gasteiger partial charge in [0, 0.05) is 24.2 Å². The van der Waals surface area contributed by atoms with Gasteiger partial charge in [-0.3, -0.25) is 4.79 Å². The lowest BCUT2D eigenvalue weighted by Gasteiger charge is -2.11. The molecule has 1 atom stereocenters. The van der Waals surface area contributed by atoms with Gasteiger partial charge in [0.25, 0.3) is 0 Å². The van der Waals surface area contributed by atoms with Crippen molar-refractivity contribution in [3.63, 3.8) is 0 Å². The van der Waals surface area contributed by atoms with Gasteiger partial charge in [-0.15, -0.1) is 11.3 Å². The number of carbonyl (C=O) groups is 1. The molecule has 1 saturated heterocycles. The zero-order valence-corrected chi connectivity index (χ0v) is 21.9. The number of nitrogens with zero attached hydrogens (tertiary/aromatic N) is 3. The summed E-state index contributed by atoms with van der Waals surface area (Å²) < 4.78 is 6.67. The summed E-state index contributed by atoms with van der Waals surface area (Å²) in [6.45, 7) is 5.90. The molecule has 1 N–H and O–H groups in total. The normalized spacial score (nSPS) is 18.0. The molecular weight excluding hydrogens is 472 g/mol. The maximum atomic E-state index is 12.5. The molecule has 0 bridgehead atoms. The predicted octanol–water partition coefficient (Wildman–Crippen LogP) is 5.04. The Kier molecular flexibility index (Phi) is 7.11. The summed E-state index contributed by atoms with van der Waals surface area (Å²) in [6.07, 6.45) is 8.67. The van der Waals surface area contributed by atoms with Crippen LogP contribution in [0.4, 0.5) is 0 Å². The van der Waals surface area contributed by atoms with Crippen molar-refractivity contribution in [2.45, 2.75) is 68.7 Å². The average molecular weight is 503 g/mol. The Bertz CT molecular complexity index is 1190. The Balaban J connectivity index is 1.47. The van der Waals surface area contributed by atoms with Crippen LogP contribution < -0.4 is 5.32 Å². The lowest BCUT2D eigenvalue weighted by Crippen LogP contribution is -2.32. The number of hydrogen-bond acceptors (Lipinski definition) is 8. The lowest BCUT2D eigenvalue weighted by atomic mass is 9.99. The molecular formula is C24H30N4O2S3. The van der Waals surface area contributed by atoms with Crippen molar-refractivity contribution < 1.29 is 9.53 Å². The van der Waals surface area contributed by atoms with Gasteiger partial charge in [-0.1, -0.05) is 37.4 Å². The van der Waals surface area contributed by atoms with E-state index in [2.05, 4.69) is 19.2 Å². The van der Waals surface area contributed by atoms with E-state index >= 15 is 0 Å². The lowest BCUT2D eigenvalue weighted by molar-refractivity contribution is -0.119. The second-order valence-corrected chi connectivity index (χ2v) is 11.9. The van der Waals surface area contributed by atoms with E-state index in [-0.39, 0.29) is 12.0 Å². The number of aromatic nitrogens is 3. The third-order valence-corrected chi connectivity index (χ3v) is 8.97. The average Bonchev–Trinajstić information content (AvgIpc) is 3.54. The molecule has 176 valence electrons. The molecule has 4 heterocycles. The van der Waals surface area contributed by atoms with Gasteiger partial charge >= 0.3 is 0 Å². The Morgan fingerprint density at radius 2 is 2.06 bits per heavy atom. The Hall–Kier alpha value is -1.42. The number of amides is 1. The van der Waals surface area contributed by atoms with Crippen LogP contribution in [0.1, 0.15) is 49.9 Å². The molecule has 0 radical (unpaired) electrons. The van der Waals surface area contributed by atoms with Gasteiger partial charge in [-0.25, -0.2) is 15.0 Å². The third-order valence-electron chi connectivity index (χ3n) is 6.24. The molecule has 1 fully saturated rings. The summed E-state index contributed by atoms with van der Waals surface area (Å²) in [5.41, 5.74) is 5.16. The highest BCUT2D eigenvalue weighted by atomic mass is 32.2. The van der Waals surface area contributed by atoms with E-state index in [1.807, 2.05) is 6.26 Å². The molecule has 5 rings (SSSR count). The maximum absolute atomic E-state index is 12.5. The van der Waals surface area contributed by atoms with Crippen molar-refractivity contribution in [1.29, 1.82) is 0 Å². The first-order chi connectivity index (χ1) is 16.0. The molecule has 33 heavy (non-hydrogen) atoms. The minimum atomic E-state index is 0.0207. The van der Waals surface area contributed by atoms with E-state index in [1.165, 1.54) is 40.4 Å². The van der Waals surface area contributed by atoms with Crippen LogP contribution in [0.5, 0.6) is 0 Å². The van der Waals surface area contributed by atoms with E-state index in [0.717, 1.165) is 63.9 Å². The standard InChI is InChI=1S/C24H30N4O2S3/c1-13(2)10-17-15-7-4-8-16(15)19-20-21(33-22(19)26-17)23(28-24(27-20)31-3)32-12-18(29)25-11-14-6-5-9-30-14/h13-14H,4-12H2,1-3H3,(H,25,29)/t14-/m1/s1. The third kappa shape index (κ3) is 4.88. The molecule has 6 nitrogen and oxygen atoms in total. The molecule has 3 aromatic heterocycles. The molecule has 9 heteroatoms. The second kappa shape index (κ2) is 10.1. The minimum absolute atomic E-state index is 0.0207. The number of hydrogen-bond donors (Lipinski definition) is 1. The summed E-state index contributed by atoms with van der Waals surface area (Å²) in [5, 5.41) is 5.87. The zero-order chi connectivity index (χ0) is 22.9. The zero-order valence-electron chi connectivity index (χ0n) is 19.4. The van der Waals surface area contributed by atoms with Crippen LogP contribution in [0.2, 0.25) is 0 Å². The van der Waals surface area contributed by atoms with Crippen molar-refractivity contribution in [2.24, 2.45) is 5.92 Å². The predicted molar refractivity (Wildman–Crippen MR) is 138 cm³/mol. The first-order valence-electron chi connectivity index (χ1n) is 11.7. The van der Waals surface area contributed by atoms with Gasteiger partial charge in [-0.2, -0.15) is 0 Å². The molecule has 1 amide bonds. The molecule has 1 aliphatic heterocycles. The maximum Gasteiger partial charge on any atom is 0.230 e. The number of thiophene rings is 1. The van der Waals surface area contributed by atoms with Crippen LogP contribution in [-0.2, 0) is 28.8 Å². The molecule has 0 saturated carbocycles. The number of thioether (sulfide) groups is 2. The van der Waals surface area contributed by atoms with Crippen molar-refractivity contribution in [2.75, 3.05) is 25.2 Å². The number of carbonyl (C=O) groups excluding carboxylic acids is 1. The van der Waals surface area contributed by atoms with Gasteiger partial charge in [0.1, 0.15) is 9.86 Å². The summed E-state index contributed by atoms with van der Waals surface area (Å²) in [5.74, 6) is 0.939. The van der Waals surface area contributed by atoms with Crippen molar-refractivity contribution in [1.82, 2.24) is 20.3 Å². The van der Waals surface area contributed by atoms with Crippen LogP contribution >= 0.6 is 34.9 Å². The van der Waals surface area contributed by atoms with E-state index < -0.39 is 0 Å². The highest BCUT2D eigenvalue weighted by Crippen LogP contribution is 2.43. The number of pyridine rings is 1. The van der Waals surface area contributed by atoms with Crippen LogP contribution in [0.15, 0.2) is 10.2 Å². The van der Waals surface area contributed by atoms with E-state index in [0.29, 0.717) is 18.2 Å².